The lowest BCUT2D eigenvalue weighted by Gasteiger charge is -2.30. The lowest BCUT2D eigenvalue weighted by atomic mass is 10.1. The number of nitrogens with two attached hydrogens (primary N) is 1. The van der Waals surface area contributed by atoms with Gasteiger partial charge < -0.3 is 5.73 Å². The zero-order valence-electron chi connectivity index (χ0n) is 8.64. The number of sulfonamides is 1. The summed E-state index contributed by atoms with van der Waals surface area (Å²) in [6.45, 7) is 4.59. The monoisotopic (exact) mass is 242 g/mol. The molecule has 1 rings (SSSR count). The molecule has 0 atom stereocenters. The van der Waals surface area contributed by atoms with E-state index < -0.39 is 10.0 Å². The topological polar surface area (TPSA) is 63.4 Å². The van der Waals surface area contributed by atoms with Crippen LogP contribution in [0.3, 0.4) is 0 Å². The fraction of sp³-hybridized carbons (Fsp3) is 1.00. The highest BCUT2D eigenvalue weighted by Gasteiger charge is 2.28. The van der Waals surface area contributed by atoms with Crippen LogP contribution in [0.25, 0.3) is 0 Å². The van der Waals surface area contributed by atoms with Crippen molar-refractivity contribution < 1.29 is 8.42 Å². The molecule has 14 heavy (non-hydrogen) atoms. The van der Waals surface area contributed by atoms with Crippen LogP contribution in [0.2, 0.25) is 0 Å². The molecule has 0 radical (unpaired) electrons. The van der Waals surface area contributed by atoms with Crippen molar-refractivity contribution in [3.63, 3.8) is 0 Å². The minimum absolute atomic E-state index is 0. The zero-order valence-corrected chi connectivity index (χ0v) is 10.3. The van der Waals surface area contributed by atoms with E-state index in [2.05, 4.69) is 0 Å². The SMILES string of the molecule is CC(C)S(=O)(=O)N1CCC(N)CC1.Cl. The molecule has 4 nitrogen and oxygen atoms in total. The van der Waals surface area contributed by atoms with Crippen LogP contribution in [-0.4, -0.2) is 37.1 Å². The first-order valence-electron chi connectivity index (χ1n) is 4.69. The molecular weight excluding hydrogens is 224 g/mol. The van der Waals surface area contributed by atoms with Gasteiger partial charge in [0.25, 0.3) is 0 Å². The van der Waals surface area contributed by atoms with Crippen LogP contribution in [0.4, 0.5) is 0 Å². The van der Waals surface area contributed by atoms with Crippen LogP contribution in [0, 0.1) is 0 Å². The normalized spacial score (nSPS) is 20.9. The summed E-state index contributed by atoms with van der Waals surface area (Å²) in [7, 11) is -3.05. The third-order valence-electron chi connectivity index (χ3n) is 2.45. The van der Waals surface area contributed by atoms with Crippen LogP contribution < -0.4 is 5.73 Å². The van der Waals surface area contributed by atoms with Crippen LogP contribution in [0.5, 0.6) is 0 Å². The van der Waals surface area contributed by atoms with Crippen molar-refractivity contribution in [2.45, 2.75) is 38.0 Å². The molecule has 0 unspecified atom stereocenters. The number of hydrogen-bond acceptors (Lipinski definition) is 3. The molecule has 1 fully saturated rings. The molecule has 1 heterocycles. The van der Waals surface area contributed by atoms with Gasteiger partial charge in [-0.25, -0.2) is 12.7 Å². The minimum Gasteiger partial charge on any atom is -0.328 e. The molecule has 1 saturated heterocycles. The summed E-state index contributed by atoms with van der Waals surface area (Å²) in [4.78, 5) is 0. The van der Waals surface area contributed by atoms with Gasteiger partial charge in [-0.3, -0.25) is 0 Å². The quantitative estimate of drug-likeness (QED) is 0.770. The number of rotatable bonds is 2. The first kappa shape index (κ1) is 14.2. The fourth-order valence-electron chi connectivity index (χ4n) is 1.43. The second-order valence-corrected chi connectivity index (χ2v) is 6.32. The summed E-state index contributed by atoms with van der Waals surface area (Å²) >= 11 is 0. The van der Waals surface area contributed by atoms with Gasteiger partial charge >= 0.3 is 0 Å². The largest absolute Gasteiger partial charge is 0.328 e. The van der Waals surface area contributed by atoms with Crippen molar-refractivity contribution in [3.8, 4) is 0 Å². The Labute approximate surface area is 92.3 Å². The number of hydrogen-bond donors (Lipinski definition) is 1. The van der Waals surface area contributed by atoms with Crippen molar-refractivity contribution in [3.05, 3.63) is 0 Å². The fourth-order valence-corrected chi connectivity index (χ4v) is 2.74. The highest BCUT2D eigenvalue weighted by atomic mass is 35.5. The third-order valence-corrected chi connectivity index (χ3v) is 4.73. The summed E-state index contributed by atoms with van der Waals surface area (Å²) in [5.74, 6) is 0. The van der Waals surface area contributed by atoms with Crippen LogP contribution in [-0.2, 0) is 10.0 Å². The van der Waals surface area contributed by atoms with Crippen LogP contribution >= 0.6 is 12.4 Å². The number of halogens is 1. The van der Waals surface area contributed by atoms with Gasteiger partial charge in [0, 0.05) is 19.1 Å². The summed E-state index contributed by atoms with van der Waals surface area (Å²) < 4.78 is 24.9. The molecule has 2 N–H and O–H groups in total. The summed E-state index contributed by atoms with van der Waals surface area (Å²) in [5.41, 5.74) is 5.69. The van der Waals surface area contributed by atoms with Crippen molar-refractivity contribution in [1.82, 2.24) is 4.31 Å². The van der Waals surface area contributed by atoms with E-state index in [1.807, 2.05) is 0 Å². The van der Waals surface area contributed by atoms with Gasteiger partial charge in [-0.15, -0.1) is 12.4 Å². The molecule has 0 spiro atoms. The maximum Gasteiger partial charge on any atom is 0.216 e. The number of piperidine rings is 1. The van der Waals surface area contributed by atoms with E-state index in [1.54, 1.807) is 18.2 Å². The van der Waals surface area contributed by atoms with E-state index in [0.717, 1.165) is 12.8 Å². The molecule has 6 heteroatoms. The Kier molecular flexibility index (Phi) is 5.36. The van der Waals surface area contributed by atoms with E-state index in [0.29, 0.717) is 13.1 Å². The summed E-state index contributed by atoms with van der Waals surface area (Å²) in [5, 5.41) is -0.318. The van der Waals surface area contributed by atoms with E-state index in [1.165, 1.54) is 0 Å². The Balaban J connectivity index is 0.00000169. The van der Waals surface area contributed by atoms with Gasteiger partial charge in [0.15, 0.2) is 0 Å². The Morgan fingerprint density at radius 1 is 1.29 bits per heavy atom. The highest BCUT2D eigenvalue weighted by Crippen LogP contribution is 2.15. The molecule has 0 saturated carbocycles. The third kappa shape index (κ3) is 3.08. The van der Waals surface area contributed by atoms with Gasteiger partial charge in [-0.1, -0.05) is 0 Å². The predicted molar refractivity (Wildman–Crippen MR) is 60.1 cm³/mol. The van der Waals surface area contributed by atoms with Gasteiger partial charge in [0.05, 0.1) is 5.25 Å². The average molecular weight is 243 g/mol. The zero-order chi connectivity index (χ0) is 10.1. The second kappa shape index (κ2) is 5.30. The van der Waals surface area contributed by atoms with Gasteiger partial charge in [-0.2, -0.15) is 0 Å². The Bertz CT molecular complexity index is 259. The van der Waals surface area contributed by atoms with Crippen molar-refractivity contribution >= 4 is 22.4 Å². The van der Waals surface area contributed by atoms with E-state index in [9.17, 15) is 8.42 Å². The maximum absolute atomic E-state index is 11.7. The highest BCUT2D eigenvalue weighted by molar-refractivity contribution is 7.89. The number of nitrogens with zero attached hydrogens (tertiary/aromatic N) is 1. The summed E-state index contributed by atoms with van der Waals surface area (Å²) in [6, 6.07) is 0.179. The first-order chi connectivity index (χ1) is 5.94. The van der Waals surface area contributed by atoms with Crippen molar-refractivity contribution in [2.24, 2.45) is 5.73 Å². The Morgan fingerprint density at radius 2 is 1.71 bits per heavy atom. The molecule has 0 aromatic rings. The van der Waals surface area contributed by atoms with Crippen molar-refractivity contribution in [1.29, 1.82) is 0 Å². The Morgan fingerprint density at radius 3 is 2.07 bits per heavy atom. The average Bonchev–Trinajstić information content (AvgIpc) is 2.04. The van der Waals surface area contributed by atoms with E-state index in [-0.39, 0.29) is 23.7 Å². The smallest absolute Gasteiger partial charge is 0.216 e. The van der Waals surface area contributed by atoms with E-state index in [4.69, 9.17) is 5.73 Å². The minimum atomic E-state index is -3.05. The molecular formula is C8H19ClN2O2S. The molecule has 86 valence electrons. The van der Waals surface area contributed by atoms with Crippen LogP contribution in [0.15, 0.2) is 0 Å². The molecule has 0 bridgehead atoms. The maximum atomic E-state index is 11.7. The second-order valence-electron chi connectivity index (χ2n) is 3.83. The molecule has 0 amide bonds. The lowest BCUT2D eigenvalue weighted by molar-refractivity contribution is 0.317. The van der Waals surface area contributed by atoms with Gasteiger partial charge in [-0.05, 0) is 26.7 Å². The Hall–Kier alpha value is 0.160. The molecule has 1 aliphatic heterocycles. The predicted octanol–water partition coefficient (Wildman–Crippen LogP) is 0.570. The molecule has 0 aliphatic carbocycles. The van der Waals surface area contributed by atoms with Gasteiger partial charge in [0.1, 0.15) is 0 Å². The standard InChI is InChI=1S/C8H18N2O2S.ClH/c1-7(2)13(11,12)10-5-3-8(9)4-6-10;/h7-8H,3-6,9H2,1-2H3;1H. The molecule has 0 aromatic heterocycles. The van der Waals surface area contributed by atoms with Crippen LogP contribution in [0.1, 0.15) is 26.7 Å². The van der Waals surface area contributed by atoms with Crippen molar-refractivity contribution in [2.75, 3.05) is 13.1 Å². The summed E-state index contributed by atoms with van der Waals surface area (Å²) in [6.07, 6.45) is 1.57. The molecule has 0 aromatic carbocycles. The first-order valence-corrected chi connectivity index (χ1v) is 6.19. The lowest BCUT2D eigenvalue weighted by Crippen LogP contribution is -2.45. The molecule has 1 aliphatic rings. The van der Waals surface area contributed by atoms with E-state index >= 15 is 0 Å². The van der Waals surface area contributed by atoms with Gasteiger partial charge in [0.2, 0.25) is 10.0 Å².